The predicted molar refractivity (Wildman–Crippen MR) is 72.3 cm³/mol. The third-order valence-corrected chi connectivity index (χ3v) is 4.44. The van der Waals surface area contributed by atoms with Gasteiger partial charge in [-0.15, -0.1) is 0 Å². The van der Waals surface area contributed by atoms with Crippen molar-refractivity contribution in [1.29, 1.82) is 0 Å². The highest BCUT2D eigenvalue weighted by molar-refractivity contribution is 7.91. The van der Waals surface area contributed by atoms with Gasteiger partial charge < -0.3 is 5.32 Å². The van der Waals surface area contributed by atoms with E-state index >= 15 is 0 Å². The summed E-state index contributed by atoms with van der Waals surface area (Å²) in [4.78, 5) is 0.207. The normalized spacial score (nSPS) is 14.2. The molecule has 1 aromatic carbocycles. The third-order valence-electron chi connectivity index (χ3n) is 2.23. The molecule has 1 unspecified atom stereocenters. The maximum Gasteiger partial charge on any atom is 0.175 e. The van der Waals surface area contributed by atoms with E-state index in [2.05, 4.69) is 5.32 Å². The van der Waals surface area contributed by atoms with Crippen LogP contribution in [0.2, 0.25) is 0 Å². The zero-order valence-electron chi connectivity index (χ0n) is 10.5. The van der Waals surface area contributed by atoms with Crippen molar-refractivity contribution in [2.75, 3.05) is 23.6 Å². The van der Waals surface area contributed by atoms with Crippen LogP contribution in [0.15, 0.2) is 29.2 Å². The van der Waals surface area contributed by atoms with E-state index in [9.17, 15) is 16.8 Å². The molecule has 0 amide bonds. The first-order chi connectivity index (χ1) is 8.08. The monoisotopic (exact) mass is 291 g/mol. The lowest BCUT2D eigenvalue weighted by Crippen LogP contribution is -2.25. The number of benzene rings is 1. The van der Waals surface area contributed by atoms with Crippen LogP contribution in [0.5, 0.6) is 0 Å². The molecule has 7 heteroatoms. The number of hydrogen-bond donors (Lipinski definition) is 1. The third kappa shape index (κ3) is 5.05. The molecular formula is C11H17NO4S2. The van der Waals surface area contributed by atoms with Gasteiger partial charge in [0.05, 0.1) is 10.6 Å². The molecule has 1 rings (SSSR count). The van der Waals surface area contributed by atoms with E-state index in [0.29, 0.717) is 5.69 Å². The summed E-state index contributed by atoms with van der Waals surface area (Å²) in [6.07, 6.45) is 2.30. The van der Waals surface area contributed by atoms with Crippen LogP contribution in [0, 0.1) is 0 Å². The Morgan fingerprint density at radius 1 is 1.17 bits per heavy atom. The highest BCUT2D eigenvalue weighted by Gasteiger charge is 2.12. The van der Waals surface area contributed by atoms with Gasteiger partial charge in [-0.25, -0.2) is 16.8 Å². The Morgan fingerprint density at radius 3 is 2.28 bits per heavy atom. The average Bonchev–Trinajstić information content (AvgIpc) is 2.13. The first kappa shape index (κ1) is 15.0. The Labute approximate surface area is 108 Å². The van der Waals surface area contributed by atoms with E-state index in [1.807, 2.05) is 0 Å². The van der Waals surface area contributed by atoms with Gasteiger partial charge in [0.1, 0.15) is 9.84 Å². The van der Waals surface area contributed by atoms with Crippen molar-refractivity contribution in [3.05, 3.63) is 24.3 Å². The molecule has 1 aromatic rings. The fourth-order valence-corrected chi connectivity index (χ4v) is 3.26. The SMILES string of the molecule is CC(CS(C)(=O)=O)Nc1cccc(S(C)(=O)=O)c1. The van der Waals surface area contributed by atoms with Crippen LogP contribution in [-0.4, -0.2) is 41.1 Å². The quantitative estimate of drug-likeness (QED) is 0.873. The number of nitrogens with one attached hydrogen (secondary N) is 1. The molecule has 0 heterocycles. The van der Waals surface area contributed by atoms with Crippen LogP contribution in [0.4, 0.5) is 5.69 Å². The molecule has 0 saturated carbocycles. The van der Waals surface area contributed by atoms with Crippen LogP contribution >= 0.6 is 0 Å². The molecule has 5 nitrogen and oxygen atoms in total. The molecule has 0 aliphatic rings. The summed E-state index contributed by atoms with van der Waals surface area (Å²) in [6, 6.07) is 6.03. The van der Waals surface area contributed by atoms with Gasteiger partial charge in [-0.3, -0.25) is 0 Å². The second-order valence-electron chi connectivity index (χ2n) is 4.44. The van der Waals surface area contributed by atoms with E-state index < -0.39 is 19.7 Å². The molecule has 0 radical (unpaired) electrons. The van der Waals surface area contributed by atoms with Gasteiger partial charge in [-0.1, -0.05) is 6.07 Å². The van der Waals surface area contributed by atoms with E-state index in [1.54, 1.807) is 19.1 Å². The van der Waals surface area contributed by atoms with Crippen LogP contribution < -0.4 is 5.32 Å². The van der Waals surface area contributed by atoms with Crippen molar-refractivity contribution in [3.63, 3.8) is 0 Å². The molecule has 1 atom stereocenters. The van der Waals surface area contributed by atoms with Crippen molar-refractivity contribution in [2.24, 2.45) is 0 Å². The second kappa shape index (κ2) is 5.27. The Kier molecular flexibility index (Phi) is 4.39. The molecule has 0 fully saturated rings. The zero-order chi connectivity index (χ0) is 14.0. The lowest BCUT2D eigenvalue weighted by Gasteiger charge is -2.14. The maximum absolute atomic E-state index is 11.4. The average molecular weight is 291 g/mol. The predicted octanol–water partition coefficient (Wildman–Crippen LogP) is 0.935. The summed E-state index contributed by atoms with van der Waals surface area (Å²) in [5.41, 5.74) is 0.592. The summed E-state index contributed by atoms with van der Waals surface area (Å²) in [7, 11) is -6.32. The minimum atomic E-state index is -3.25. The Balaban J connectivity index is 2.87. The van der Waals surface area contributed by atoms with E-state index in [0.717, 1.165) is 12.5 Å². The molecule has 0 bridgehead atoms. The highest BCUT2D eigenvalue weighted by atomic mass is 32.2. The number of sulfone groups is 2. The molecule has 0 spiro atoms. The van der Waals surface area contributed by atoms with Gasteiger partial charge in [0.15, 0.2) is 9.84 Å². The van der Waals surface area contributed by atoms with Crippen molar-refractivity contribution >= 4 is 25.4 Å². The van der Waals surface area contributed by atoms with Gasteiger partial charge in [0, 0.05) is 24.2 Å². The number of anilines is 1. The molecule has 102 valence electrons. The minimum Gasteiger partial charge on any atom is -0.382 e. The van der Waals surface area contributed by atoms with Gasteiger partial charge >= 0.3 is 0 Å². The molecule has 0 aromatic heterocycles. The summed E-state index contributed by atoms with van der Waals surface area (Å²) in [5.74, 6) is -0.00387. The highest BCUT2D eigenvalue weighted by Crippen LogP contribution is 2.16. The smallest absolute Gasteiger partial charge is 0.175 e. The van der Waals surface area contributed by atoms with E-state index in [4.69, 9.17) is 0 Å². The topological polar surface area (TPSA) is 80.3 Å². The first-order valence-electron chi connectivity index (χ1n) is 5.32. The molecule has 1 N–H and O–H groups in total. The fourth-order valence-electron chi connectivity index (χ4n) is 1.60. The number of hydrogen-bond acceptors (Lipinski definition) is 5. The van der Waals surface area contributed by atoms with Crippen LogP contribution in [0.1, 0.15) is 6.92 Å². The minimum absolute atomic E-state index is 0.00387. The first-order valence-corrected chi connectivity index (χ1v) is 9.27. The summed E-state index contributed by atoms with van der Waals surface area (Å²) in [6.45, 7) is 1.73. The largest absolute Gasteiger partial charge is 0.382 e. The summed E-state index contributed by atoms with van der Waals surface area (Å²) < 4.78 is 45.0. The molecule has 0 aliphatic carbocycles. The number of rotatable bonds is 5. The summed E-state index contributed by atoms with van der Waals surface area (Å²) >= 11 is 0. The maximum atomic E-state index is 11.4. The van der Waals surface area contributed by atoms with Gasteiger partial charge in [0.2, 0.25) is 0 Å². The Hall–Kier alpha value is -1.08. The molecule has 0 saturated heterocycles. The molecular weight excluding hydrogens is 274 g/mol. The standard InChI is InChI=1S/C11H17NO4S2/c1-9(8-17(2,13)14)12-10-5-4-6-11(7-10)18(3,15)16/h4-7,9,12H,8H2,1-3H3. The molecule has 0 aliphatic heterocycles. The Morgan fingerprint density at radius 2 is 1.78 bits per heavy atom. The van der Waals surface area contributed by atoms with Crippen LogP contribution in [0.3, 0.4) is 0 Å². The van der Waals surface area contributed by atoms with Gasteiger partial charge in [-0.05, 0) is 25.1 Å². The zero-order valence-corrected chi connectivity index (χ0v) is 12.2. The van der Waals surface area contributed by atoms with Gasteiger partial charge in [-0.2, -0.15) is 0 Å². The Bertz CT molecular complexity index is 620. The fraction of sp³-hybridized carbons (Fsp3) is 0.455. The lowest BCUT2D eigenvalue weighted by atomic mass is 10.3. The van der Waals surface area contributed by atoms with Crippen LogP contribution in [-0.2, 0) is 19.7 Å². The van der Waals surface area contributed by atoms with Crippen LogP contribution in [0.25, 0.3) is 0 Å². The lowest BCUT2D eigenvalue weighted by molar-refractivity contribution is 0.597. The summed E-state index contributed by atoms with van der Waals surface area (Å²) in [5, 5.41) is 2.97. The van der Waals surface area contributed by atoms with Crippen molar-refractivity contribution < 1.29 is 16.8 Å². The van der Waals surface area contributed by atoms with Crippen molar-refractivity contribution in [3.8, 4) is 0 Å². The van der Waals surface area contributed by atoms with E-state index in [-0.39, 0.29) is 16.7 Å². The van der Waals surface area contributed by atoms with Gasteiger partial charge in [0.25, 0.3) is 0 Å². The van der Waals surface area contributed by atoms with E-state index in [1.165, 1.54) is 12.1 Å². The molecule has 18 heavy (non-hydrogen) atoms. The van der Waals surface area contributed by atoms with Crippen molar-refractivity contribution in [2.45, 2.75) is 17.9 Å². The van der Waals surface area contributed by atoms with Crippen molar-refractivity contribution in [1.82, 2.24) is 0 Å². The second-order valence-corrected chi connectivity index (χ2v) is 8.64.